The summed E-state index contributed by atoms with van der Waals surface area (Å²) in [5.41, 5.74) is -6.76. The second-order valence-electron chi connectivity index (χ2n) is 15.0. The minimum absolute atomic E-state index is 0.118. The summed E-state index contributed by atoms with van der Waals surface area (Å²) in [5.74, 6) is -18.0. The van der Waals surface area contributed by atoms with E-state index in [1.807, 2.05) is 0 Å². The maximum Gasteiger partial charge on any atom is 0.418 e. The van der Waals surface area contributed by atoms with Crippen molar-refractivity contribution in [2.75, 3.05) is 26.4 Å². The molecule has 57 heavy (non-hydrogen) atoms. The van der Waals surface area contributed by atoms with E-state index >= 15 is 0 Å². The Hall–Kier alpha value is -5.63. The van der Waals surface area contributed by atoms with Crippen LogP contribution in [0.25, 0.3) is 0 Å². The molecule has 0 aromatic carbocycles. The van der Waals surface area contributed by atoms with Gasteiger partial charge in [-0.05, 0) is 74.7 Å². The normalized spacial score (nSPS) is 26.7. The fourth-order valence-electron chi connectivity index (χ4n) is 5.37. The number of hydrogen-bond acceptors (Lipinski definition) is 21. The summed E-state index contributed by atoms with van der Waals surface area (Å²) in [4.78, 5) is 127. The van der Waals surface area contributed by atoms with Crippen LogP contribution in [0.1, 0.15) is 88.0 Å². The Bertz CT molecular complexity index is 1620. The van der Waals surface area contributed by atoms with E-state index in [0.29, 0.717) is 6.21 Å². The summed E-state index contributed by atoms with van der Waals surface area (Å²) in [6.45, 7) is 9.06. The summed E-state index contributed by atoms with van der Waals surface area (Å²) in [6, 6.07) is 0. The standard InChI is InChI=1S/C36H49NO20/c1-10-35(8,21-14-48-23(38)27(42)52-19(2)11-12-33(4,5)54-29(44)25(40)50-15-21)56-31(46)32(47)57-36(9,18-37)22-16-49-24(39)28(43)53-20(3)13-34(6,7)55-30(45)26(41)51-17-22/h18-22,37H,10-17H2,1-9H3. The third-order valence-corrected chi connectivity index (χ3v) is 9.08. The van der Waals surface area contributed by atoms with Gasteiger partial charge in [0.15, 0.2) is 5.60 Å². The topological polar surface area (TPSA) is 287 Å². The van der Waals surface area contributed by atoms with Crippen molar-refractivity contribution in [1.82, 2.24) is 0 Å². The first-order chi connectivity index (χ1) is 26.3. The first-order valence-corrected chi connectivity index (χ1v) is 17.8. The predicted octanol–water partition coefficient (Wildman–Crippen LogP) is 0.759. The average molecular weight is 816 g/mol. The van der Waals surface area contributed by atoms with Crippen LogP contribution in [0.4, 0.5) is 0 Å². The Labute approximate surface area is 327 Å². The molecule has 0 aliphatic carbocycles. The van der Waals surface area contributed by atoms with Gasteiger partial charge in [-0.25, -0.2) is 47.9 Å². The van der Waals surface area contributed by atoms with Crippen LogP contribution in [0.2, 0.25) is 0 Å². The Balaban J connectivity index is 2.36. The summed E-state index contributed by atoms with van der Waals surface area (Å²) < 4.78 is 51.5. The Morgan fingerprint density at radius 1 is 0.649 bits per heavy atom. The van der Waals surface area contributed by atoms with Crippen molar-refractivity contribution in [3.05, 3.63) is 0 Å². The van der Waals surface area contributed by atoms with Gasteiger partial charge in [-0.3, -0.25) is 0 Å². The van der Waals surface area contributed by atoms with Crippen molar-refractivity contribution in [2.24, 2.45) is 11.8 Å². The molecule has 318 valence electrons. The SMILES string of the molecule is CCC(C)(OC(=O)C(=O)OC(C)(C=N)C1COC(=O)C(=O)OC(C)CC(C)(C)OC(=O)C(=O)OC1)C1COC(=O)C(=O)OC(C)CCC(C)(C)OC(=O)C(=O)OC1. The molecule has 1 N–H and O–H groups in total. The average Bonchev–Trinajstić information content (AvgIpc) is 3.11. The third-order valence-electron chi connectivity index (χ3n) is 9.08. The van der Waals surface area contributed by atoms with Gasteiger partial charge in [-0.1, -0.05) is 6.92 Å². The van der Waals surface area contributed by atoms with E-state index in [-0.39, 0.29) is 25.7 Å². The van der Waals surface area contributed by atoms with E-state index in [1.54, 1.807) is 0 Å². The zero-order valence-electron chi connectivity index (χ0n) is 33.2. The number of hydrogen-bond donors (Lipinski definition) is 1. The van der Waals surface area contributed by atoms with Crippen molar-refractivity contribution in [3.8, 4) is 0 Å². The molecule has 0 aromatic heterocycles. The largest absolute Gasteiger partial charge is 0.457 e. The molecule has 21 nitrogen and oxygen atoms in total. The summed E-state index contributed by atoms with van der Waals surface area (Å²) in [6.07, 6.45) is -1.41. The fraction of sp³-hybridized carbons (Fsp3) is 0.694. The lowest BCUT2D eigenvalue weighted by atomic mass is 9.87. The molecular formula is C36H49NO20. The molecule has 6 atom stereocenters. The van der Waals surface area contributed by atoms with E-state index in [0.717, 1.165) is 6.92 Å². The van der Waals surface area contributed by atoms with Gasteiger partial charge in [-0.2, -0.15) is 0 Å². The van der Waals surface area contributed by atoms with E-state index in [9.17, 15) is 47.9 Å². The number of cyclic esters (lactones) is 8. The highest BCUT2D eigenvalue weighted by Crippen LogP contribution is 2.30. The van der Waals surface area contributed by atoms with Gasteiger partial charge in [0, 0.05) is 12.6 Å². The molecule has 6 unspecified atom stereocenters. The zero-order chi connectivity index (χ0) is 43.5. The van der Waals surface area contributed by atoms with Crippen LogP contribution in [0.15, 0.2) is 0 Å². The van der Waals surface area contributed by atoms with E-state index in [1.165, 1.54) is 55.4 Å². The van der Waals surface area contributed by atoms with Gasteiger partial charge in [0.05, 0.1) is 17.9 Å². The number of esters is 10. The number of carbonyl (C=O) groups excluding carboxylic acids is 10. The number of carbonyl (C=O) groups is 10. The molecule has 0 amide bonds. The molecule has 0 bridgehead atoms. The molecule has 0 spiro atoms. The summed E-state index contributed by atoms with van der Waals surface area (Å²) in [7, 11) is 0. The molecule has 2 aliphatic heterocycles. The number of nitrogens with one attached hydrogen (secondary N) is 1. The Kier molecular flexibility index (Phi) is 16.2. The van der Waals surface area contributed by atoms with Crippen LogP contribution in [-0.4, -0.2) is 127 Å². The van der Waals surface area contributed by atoms with Crippen molar-refractivity contribution < 1.29 is 95.3 Å². The van der Waals surface area contributed by atoms with Gasteiger partial charge in [-0.15, -0.1) is 0 Å². The molecule has 2 aliphatic rings. The number of ether oxygens (including phenoxy) is 10. The van der Waals surface area contributed by atoms with Gasteiger partial charge in [0.1, 0.15) is 49.3 Å². The van der Waals surface area contributed by atoms with Crippen molar-refractivity contribution in [2.45, 2.75) is 123 Å². The quantitative estimate of drug-likeness (QED) is 0.167. The minimum Gasteiger partial charge on any atom is -0.457 e. The fourth-order valence-corrected chi connectivity index (χ4v) is 5.37. The van der Waals surface area contributed by atoms with Gasteiger partial charge >= 0.3 is 59.7 Å². The second kappa shape index (κ2) is 19.5. The summed E-state index contributed by atoms with van der Waals surface area (Å²) in [5, 5.41) is 8.00. The van der Waals surface area contributed by atoms with E-state index < -0.39 is 133 Å². The third kappa shape index (κ3) is 14.1. The molecule has 2 saturated heterocycles. The maximum absolute atomic E-state index is 13.3. The van der Waals surface area contributed by atoms with Crippen LogP contribution in [0, 0.1) is 17.2 Å². The molecule has 0 radical (unpaired) electrons. The molecule has 0 saturated carbocycles. The first-order valence-electron chi connectivity index (χ1n) is 17.8. The van der Waals surface area contributed by atoms with Crippen molar-refractivity contribution >= 4 is 65.9 Å². The molecule has 2 rings (SSSR count). The van der Waals surface area contributed by atoms with Crippen LogP contribution < -0.4 is 0 Å². The lowest BCUT2D eigenvalue weighted by Gasteiger charge is -2.36. The van der Waals surface area contributed by atoms with Gasteiger partial charge in [0.25, 0.3) is 0 Å². The molecule has 2 heterocycles. The monoisotopic (exact) mass is 815 g/mol. The van der Waals surface area contributed by atoms with Crippen LogP contribution >= 0.6 is 0 Å². The minimum atomic E-state index is -2.28. The predicted molar refractivity (Wildman–Crippen MR) is 184 cm³/mol. The first kappa shape index (κ1) is 47.5. The lowest BCUT2D eigenvalue weighted by molar-refractivity contribution is -0.195. The Morgan fingerprint density at radius 2 is 1.05 bits per heavy atom. The Morgan fingerprint density at radius 3 is 1.51 bits per heavy atom. The molecular weight excluding hydrogens is 766 g/mol. The second-order valence-corrected chi connectivity index (χ2v) is 15.0. The highest BCUT2D eigenvalue weighted by molar-refractivity contribution is 6.31. The van der Waals surface area contributed by atoms with Crippen LogP contribution in [-0.2, 0) is 95.3 Å². The molecule has 21 heteroatoms. The zero-order valence-corrected chi connectivity index (χ0v) is 33.2. The van der Waals surface area contributed by atoms with Crippen LogP contribution in [0.5, 0.6) is 0 Å². The van der Waals surface area contributed by atoms with E-state index in [4.69, 9.17) is 52.8 Å². The molecule has 0 aromatic rings. The van der Waals surface area contributed by atoms with Crippen LogP contribution in [0.3, 0.4) is 0 Å². The van der Waals surface area contributed by atoms with Crippen molar-refractivity contribution in [1.29, 1.82) is 5.41 Å². The smallest absolute Gasteiger partial charge is 0.418 e. The van der Waals surface area contributed by atoms with Gasteiger partial charge in [0.2, 0.25) is 0 Å². The number of rotatable bonds is 6. The maximum atomic E-state index is 13.3. The summed E-state index contributed by atoms with van der Waals surface area (Å²) >= 11 is 0. The van der Waals surface area contributed by atoms with Gasteiger partial charge < -0.3 is 52.8 Å². The van der Waals surface area contributed by atoms with Crippen molar-refractivity contribution in [3.63, 3.8) is 0 Å². The highest BCUT2D eigenvalue weighted by Gasteiger charge is 2.46. The molecule has 2 fully saturated rings. The lowest BCUT2D eigenvalue weighted by Crippen LogP contribution is -2.50. The van der Waals surface area contributed by atoms with E-state index in [2.05, 4.69) is 0 Å². The highest BCUT2D eigenvalue weighted by atomic mass is 16.6.